The van der Waals surface area contributed by atoms with Crippen molar-refractivity contribution in [2.45, 2.75) is 78.3 Å². The predicted octanol–water partition coefficient (Wildman–Crippen LogP) is 1.65. The number of ether oxygens (including phenoxy) is 4. The van der Waals surface area contributed by atoms with Crippen LogP contribution in [0, 0.1) is 12.8 Å². The van der Waals surface area contributed by atoms with Crippen LogP contribution in [0.15, 0.2) is 24.3 Å². The van der Waals surface area contributed by atoms with Crippen LogP contribution in [0.4, 0.5) is 5.69 Å². The van der Waals surface area contributed by atoms with Gasteiger partial charge in [-0.05, 0) is 57.2 Å². The highest BCUT2D eigenvalue weighted by Gasteiger charge is 2.27. The monoisotopic (exact) mass is 694 g/mol. The van der Waals surface area contributed by atoms with Crippen molar-refractivity contribution in [2.24, 2.45) is 11.7 Å². The van der Waals surface area contributed by atoms with Gasteiger partial charge in [0.05, 0.1) is 58.9 Å². The van der Waals surface area contributed by atoms with E-state index in [0.29, 0.717) is 97.4 Å². The normalized spacial score (nSPS) is 12.4. The molecule has 1 unspecified atom stereocenters. The lowest BCUT2D eigenvalue weighted by molar-refractivity contribution is -0.128. The van der Waals surface area contributed by atoms with Gasteiger partial charge in [0.1, 0.15) is 6.04 Å². The molecule has 0 aromatic heterocycles. The minimum absolute atomic E-state index is 0.0400. The summed E-state index contributed by atoms with van der Waals surface area (Å²) in [5.74, 6) is -0.696. The summed E-state index contributed by atoms with van der Waals surface area (Å²) in [7, 11) is 0. The molecule has 0 radical (unpaired) electrons. The first kappa shape index (κ1) is 43.9. The van der Waals surface area contributed by atoms with Crippen molar-refractivity contribution < 1.29 is 38.1 Å². The number of nitrogens with two attached hydrogens (primary N) is 1. The highest BCUT2D eigenvalue weighted by molar-refractivity contribution is 5.97. The molecule has 0 spiro atoms. The van der Waals surface area contributed by atoms with Gasteiger partial charge in [0.15, 0.2) is 0 Å². The third-order valence-corrected chi connectivity index (χ3v) is 7.29. The van der Waals surface area contributed by atoms with Gasteiger partial charge in [-0.3, -0.25) is 19.2 Å². The van der Waals surface area contributed by atoms with Gasteiger partial charge in [0.2, 0.25) is 23.6 Å². The molecule has 14 nitrogen and oxygen atoms in total. The second kappa shape index (κ2) is 28.7. The highest BCUT2D eigenvalue weighted by atomic mass is 16.6. The molecule has 1 aromatic carbocycles. The summed E-state index contributed by atoms with van der Waals surface area (Å²) in [5.41, 5.74) is 7.40. The van der Waals surface area contributed by atoms with Crippen molar-refractivity contribution in [3.63, 3.8) is 0 Å². The number of rotatable bonds is 30. The van der Waals surface area contributed by atoms with Gasteiger partial charge in [0.25, 0.3) is 0 Å². The first-order chi connectivity index (χ1) is 23.7. The maximum absolute atomic E-state index is 13.2. The Morgan fingerprint density at radius 2 is 1.29 bits per heavy atom. The van der Waals surface area contributed by atoms with Gasteiger partial charge in [-0.15, -0.1) is 0 Å². The third kappa shape index (κ3) is 23.0. The lowest BCUT2D eigenvalue weighted by Crippen LogP contribution is -2.54. The predicted molar refractivity (Wildman–Crippen MR) is 190 cm³/mol. The zero-order valence-electron chi connectivity index (χ0n) is 30.1. The summed E-state index contributed by atoms with van der Waals surface area (Å²) < 4.78 is 21.8. The number of nitrogens with one attached hydrogen (secondary N) is 5. The Morgan fingerprint density at radius 3 is 1.88 bits per heavy atom. The fraction of sp³-hybridized carbons (Fsp3) is 0.714. The van der Waals surface area contributed by atoms with E-state index in [2.05, 4.69) is 26.6 Å². The molecule has 1 rings (SSSR count). The van der Waals surface area contributed by atoms with Crippen LogP contribution in [0.1, 0.15) is 64.9 Å². The number of amides is 4. The van der Waals surface area contributed by atoms with Crippen LogP contribution >= 0.6 is 0 Å². The van der Waals surface area contributed by atoms with E-state index in [-0.39, 0.29) is 42.6 Å². The molecule has 0 aliphatic carbocycles. The average molecular weight is 695 g/mol. The van der Waals surface area contributed by atoms with Crippen LogP contribution in [-0.4, -0.2) is 115 Å². The number of carbonyl (C=O) groups excluding carboxylic acids is 4. The highest BCUT2D eigenvalue weighted by Crippen LogP contribution is 2.11. The molecule has 0 saturated carbocycles. The van der Waals surface area contributed by atoms with Gasteiger partial charge < -0.3 is 51.3 Å². The number of hydrogen-bond acceptors (Lipinski definition) is 10. The first-order valence-electron chi connectivity index (χ1n) is 17.6. The SMILES string of the molecule is CCCC(=O)NCCOCCOCCOCCOCCC(=O)NCCN[C@H](C(=O)NC(CCCCN)C(=O)Nc1ccc(C)cc1)C(C)C. The van der Waals surface area contributed by atoms with Gasteiger partial charge in [-0.1, -0.05) is 38.5 Å². The summed E-state index contributed by atoms with van der Waals surface area (Å²) in [6, 6.07) is 6.26. The molecule has 0 fully saturated rings. The number of benzene rings is 1. The zero-order chi connectivity index (χ0) is 36.1. The molecule has 0 saturated heterocycles. The Labute approximate surface area is 292 Å². The lowest BCUT2D eigenvalue weighted by Gasteiger charge is -2.25. The molecule has 2 atom stereocenters. The maximum Gasteiger partial charge on any atom is 0.246 e. The minimum atomic E-state index is -0.699. The molecule has 7 N–H and O–H groups in total. The number of anilines is 1. The number of carbonyl (C=O) groups is 4. The van der Waals surface area contributed by atoms with Gasteiger partial charge >= 0.3 is 0 Å². The summed E-state index contributed by atoms with van der Waals surface area (Å²) in [5, 5.41) is 14.6. The molecule has 49 heavy (non-hydrogen) atoms. The van der Waals surface area contributed by atoms with Crippen molar-refractivity contribution >= 4 is 29.3 Å². The minimum Gasteiger partial charge on any atom is -0.379 e. The van der Waals surface area contributed by atoms with Crippen LogP contribution in [-0.2, 0) is 38.1 Å². The largest absolute Gasteiger partial charge is 0.379 e. The van der Waals surface area contributed by atoms with Crippen molar-refractivity contribution in [1.82, 2.24) is 21.3 Å². The first-order valence-corrected chi connectivity index (χ1v) is 17.6. The van der Waals surface area contributed by atoms with Gasteiger partial charge in [0, 0.05) is 38.2 Å². The Balaban J connectivity index is 2.18. The Bertz CT molecular complexity index is 1040. The van der Waals surface area contributed by atoms with Crippen molar-refractivity contribution in [2.75, 3.05) is 84.4 Å². The lowest BCUT2D eigenvalue weighted by atomic mass is 10.0. The van der Waals surface area contributed by atoms with Crippen LogP contribution in [0.3, 0.4) is 0 Å². The third-order valence-electron chi connectivity index (χ3n) is 7.29. The van der Waals surface area contributed by atoms with Crippen LogP contribution in [0.25, 0.3) is 0 Å². The molecular weight excluding hydrogens is 632 g/mol. The average Bonchev–Trinajstić information content (AvgIpc) is 3.06. The van der Waals surface area contributed by atoms with Crippen LogP contribution < -0.4 is 32.3 Å². The summed E-state index contributed by atoms with van der Waals surface area (Å²) in [4.78, 5) is 49.9. The Hall–Kier alpha value is -3.14. The summed E-state index contributed by atoms with van der Waals surface area (Å²) >= 11 is 0. The molecule has 0 aliphatic heterocycles. The molecule has 4 amide bonds. The molecule has 280 valence electrons. The second-order valence-electron chi connectivity index (χ2n) is 12.0. The standard InChI is InChI=1S/C35H62N6O8/c1-5-8-31(42)38-18-20-47-22-24-49-26-25-48-23-21-46-19-14-32(43)37-16-17-39-33(27(2)3)35(45)41-30(9-6-7-15-36)34(44)40-29-12-10-28(4)11-13-29/h10-13,27,30,33,39H,5-9,14-26,36H2,1-4H3,(H,37,43)(H,38,42)(H,40,44)(H,41,45)/t30?,33-/m0/s1. The quantitative estimate of drug-likeness (QED) is 0.0646. The van der Waals surface area contributed by atoms with Crippen LogP contribution in [0.2, 0.25) is 0 Å². The number of aryl methyl sites for hydroxylation is 1. The van der Waals surface area contributed by atoms with E-state index >= 15 is 0 Å². The van der Waals surface area contributed by atoms with E-state index < -0.39 is 12.1 Å². The summed E-state index contributed by atoms with van der Waals surface area (Å²) in [6.07, 6.45) is 3.51. The van der Waals surface area contributed by atoms with Crippen molar-refractivity contribution in [1.29, 1.82) is 0 Å². The zero-order valence-corrected chi connectivity index (χ0v) is 30.1. The molecular formula is C35H62N6O8. The Kier molecular flexibility index (Phi) is 25.7. The molecule has 0 heterocycles. The molecule has 0 aliphatic rings. The number of unbranched alkanes of at least 4 members (excludes halogenated alkanes) is 1. The van der Waals surface area contributed by atoms with Crippen molar-refractivity contribution in [3.8, 4) is 0 Å². The van der Waals surface area contributed by atoms with Gasteiger partial charge in [-0.25, -0.2) is 0 Å². The van der Waals surface area contributed by atoms with E-state index in [1.807, 2.05) is 52.0 Å². The smallest absolute Gasteiger partial charge is 0.246 e. The topological polar surface area (TPSA) is 191 Å². The molecule has 14 heteroatoms. The maximum atomic E-state index is 13.2. The van der Waals surface area contributed by atoms with Gasteiger partial charge in [-0.2, -0.15) is 0 Å². The van der Waals surface area contributed by atoms with Crippen LogP contribution in [0.5, 0.6) is 0 Å². The van der Waals surface area contributed by atoms with E-state index in [4.69, 9.17) is 24.7 Å². The second-order valence-corrected chi connectivity index (χ2v) is 12.0. The fourth-order valence-electron chi connectivity index (χ4n) is 4.54. The van der Waals surface area contributed by atoms with Crippen molar-refractivity contribution in [3.05, 3.63) is 29.8 Å². The van der Waals surface area contributed by atoms with E-state index in [1.165, 1.54) is 0 Å². The Morgan fingerprint density at radius 1 is 0.714 bits per heavy atom. The van der Waals surface area contributed by atoms with E-state index in [1.54, 1.807) is 0 Å². The number of hydrogen-bond donors (Lipinski definition) is 6. The van der Waals surface area contributed by atoms with E-state index in [9.17, 15) is 19.2 Å². The van der Waals surface area contributed by atoms with E-state index in [0.717, 1.165) is 18.4 Å². The molecule has 1 aromatic rings. The fourth-order valence-corrected chi connectivity index (χ4v) is 4.54. The molecule has 0 bridgehead atoms. The summed E-state index contributed by atoms with van der Waals surface area (Å²) in [6.45, 7) is 12.8.